The van der Waals surface area contributed by atoms with E-state index in [-0.39, 0.29) is 22.5 Å². The number of hydrogen-bond acceptors (Lipinski definition) is 3. The fourth-order valence-corrected chi connectivity index (χ4v) is 9.04. The Morgan fingerprint density at radius 2 is 1.76 bits per heavy atom. The van der Waals surface area contributed by atoms with E-state index in [1.165, 1.54) is 5.19 Å². The summed E-state index contributed by atoms with van der Waals surface area (Å²) in [5, 5.41) is 15.4. The molecule has 4 atom stereocenters. The van der Waals surface area contributed by atoms with Crippen LogP contribution in [-0.4, -0.2) is 46.2 Å². The van der Waals surface area contributed by atoms with E-state index in [2.05, 4.69) is 76.5 Å². The normalized spacial score (nSPS) is 24.7. The van der Waals surface area contributed by atoms with Gasteiger partial charge in [-0.3, -0.25) is 4.79 Å². The molecule has 1 aromatic carbocycles. The summed E-state index contributed by atoms with van der Waals surface area (Å²) < 4.78 is 6.52. The Labute approximate surface area is 178 Å². The van der Waals surface area contributed by atoms with Crippen LogP contribution >= 0.6 is 0 Å². The molecule has 1 aliphatic rings. The quantitative estimate of drug-likeness (QED) is 0.504. The van der Waals surface area contributed by atoms with Gasteiger partial charge in [0.15, 0.2) is 8.32 Å². The maximum atomic E-state index is 13.0. The van der Waals surface area contributed by atoms with Crippen LogP contribution in [0.3, 0.4) is 0 Å². The van der Waals surface area contributed by atoms with Crippen LogP contribution in [0.5, 0.6) is 0 Å². The van der Waals surface area contributed by atoms with Gasteiger partial charge in [0, 0.05) is 0 Å². The first-order chi connectivity index (χ1) is 13.3. The molecule has 2 N–H and O–H groups in total. The van der Waals surface area contributed by atoms with Gasteiger partial charge in [-0.2, -0.15) is 0 Å². The molecule has 29 heavy (non-hydrogen) atoms. The van der Waals surface area contributed by atoms with Crippen LogP contribution in [0.15, 0.2) is 42.5 Å². The Hall–Kier alpha value is -1.22. The van der Waals surface area contributed by atoms with Crippen molar-refractivity contribution < 1.29 is 14.3 Å². The zero-order valence-electron chi connectivity index (χ0n) is 19.3. The van der Waals surface area contributed by atoms with Crippen LogP contribution in [0.4, 0.5) is 0 Å². The van der Waals surface area contributed by atoms with Crippen molar-refractivity contribution in [3.8, 4) is 0 Å². The average molecular weight is 434 g/mol. The summed E-state index contributed by atoms with van der Waals surface area (Å²) in [6, 6.07) is 10.4. The number of nitrogens with one attached hydrogen (secondary N) is 1. The lowest BCUT2D eigenvalue weighted by Gasteiger charge is -2.40. The topological polar surface area (TPSA) is 58.6 Å². The summed E-state index contributed by atoms with van der Waals surface area (Å²) in [6.07, 6.45) is 2.79. The first-order valence-corrected chi connectivity index (χ1v) is 16.6. The highest BCUT2D eigenvalue weighted by Crippen LogP contribution is 2.42. The molecule has 1 aliphatic heterocycles. The minimum absolute atomic E-state index is 0.0494. The van der Waals surface area contributed by atoms with E-state index < -0.39 is 28.4 Å². The van der Waals surface area contributed by atoms with E-state index in [0.717, 1.165) is 0 Å². The predicted molar refractivity (Wildman–Crippen MR) is 127 cm³/mol. The molecule has 0 unspecified atom stereocenters. The maximum Gasteiger partial charge on any atom is 0.226 e. The zero-order chi connectivity index (χ0) is 22.0. The van der Waals surface area contributed by atoms with Crippen LogP contribution in [-0.2, 0) is 9.22 Å². The van der Waals surface area contributed by atoms with Gasteiger partial charge in [-0.15, -0.1) is 0 Å². The standard InChI is InChI=1S/C23H39NO3Si2/c1-9-13-19(25)20-21(28(5,6)17-14-11-10-12-15-17)18(24-22(20)26)16-27-29(7,8)23(2,3)4/h9-15,18-21,25H,16H2,1-8H3,(H,24,26)/b13-9+/t18-,19-,20+,21-/m1/s1. The Morgan fingerprint density at radius 3 is 2.28 bits per heavy atom. The average Bonchev–Trinajstić information content (AvgIpc) is 2.97. The highest BCUT2D eigenvalue weighted by Gasteiger charge is 2.54. The zero-order valence-corrected chi connectivity index (χ0v) is 21.3. The van der Waals surface area contributed by atoms with Crippen molar-refractivity contribution in [2.24, 2.45) is 5.92 Å². The van der Waals surface area contributed by atoms with Crippen molar-refractivity contribution in [2.75, 3.05) is 6.61 Å². The lowest BCUT2D eigenvalue weighted by atomic mass is 9.97. The number of aliphatic hydroxyl groups is 1. The van der Waals surface area contributed by atoms with Crippen molar-refractivity contribution in [1.82, 2.24) is 5.32 Å². The number of allylic oxidation sites excluding steroid dienone is 1. The smallest absolute Gasteiger partial charge is 0.226 e. The Balaban J connectivity index is 2.40. The van der Waals surface area contributed by atoms with Gasteiger partial charge in [0.25, 0.3) is 0 Å². The third-order valence-corrected chi connectivity index (χ3v) is 15.7. The fourth-order valence-electron chi connectivity index (χ4n) is 4.14. The van der Waals surface area contributed by atoms with Crippen molar-refractivity contribution in [3.05, 3.63) is 42.5 Å². The van der Waals surface area contributed by atoms with E-state index >= 15 is 0 Å². The molecule has 0 spiro atoms. The molecule has 0 aromatic heterocycles. The first kappa shape index (κ1) is 24.1. The second-order valence-corrected chi connectivity index (χ2v) is 19.8. The van der Waals surface area contributed by atoms with E-state index in [9.17, 15) is 9.90 Å². The van der Waals surface area contributed by atoms with Crippen LogP contribution in [0.1, 0.15) is 27.7 Å². The predicted octanol–water partition coefficient (Wildman–Crippen LogP) is 4.05. The summed E-state index contributed by atoms with van der Waals surface area (Å²) in [7, 11) is -4.03. The summed E-state index contributed by atoms with van der Waals surface area (Å²) in [4.78, 5) is 13.0. The molecule has 1 amide bonds. The number of carbonyl (C=O) groups is 1. The molecule has 1 aromatic rings. The van der Waals surface area contributed by atoms with Crippen LogP contribution < -0.4 is 10.5 Å². The molecular weight excluding hydrogens is 394 g/mol. The van der Waals surface area contributed by atoms with Gasteiger partial charge in [-0.05, 0) is 30.6 Å². The Bertz CT molecular complexity index is 725. The van der Waals surface area contributed by atoms with Crippen molar-refractivity contribution >= 4 is 27.5 Å². The molecule has 1 heterocycles. The second-order valence-electron chi connectivity index (χ2n) is 10.3. The third kappa shape index (κ3) is 5.10. The summed E-state index contributed by atoms with van der Waals surface area (Å²) in [5.41, 5.74) is 0.0494. The number of rotatable bonds is 7. The van der Waals surface area contributed by atoms with Gasteiger partial charge < -0.3 is 14.8 Å². The van der Waals surface area contributed by atoms with Gasteiger partial charge in [-0.1, -0.05) is 81.5 Å². The number of benzene rings is 1. The molecule has 1 saturated heterocycles. The lowest BCUT2D eigenvalue weighted by Crippen LogP contribution is -2.54. The maximum absolute atomic E-state index is 13.0. The van der Waals surface area contributed by atoms with Crippen molar-refractivity contribution in [2.45, 2.75) is 76.6 Å². The summed E-state index contributed by atoms with van der Waals surface area (Å²) in [6.45, 7) is 18.2. The third-order valence-electron chi connectivity index (χ3n) is 6.99. The molecule has 1 fully saturated rings. The van der Waals surface area contributed by atoms with Crippen LogP contribution in [0.25, 0.3) is 0 Å². The molecule has 4 nitrogen and oxygen atoms in total. The molecule has 0 radical (unpaired) electrons. The monoisotopic (exact) mass is 433 g/mol. The second kappa shape index (κ2) is 8.88. The minimum Gasteiger partial charge on any atom is -0.415 e. The Kier molecular flexibility index (Phi) is 7.36. The number of aliphatic hydroxyl groups excluding tert-OH is 1. The van der Waals surface area contributed by atoms with Crippen molar-refractivity contribution in [1.29, 1.82) is 0 Å². The molecule has 6 heteroatoms. The highest BCUT2D eigenvalue weighted by atomic mass is 28.4. The van der Waals surface area contributed by atoms with Gasteiger partial charge in [0.1, 0.15) is 0 Å². The highest BCUT2D eigenvalue weighted by molar-refractivity contribution is 6.91. The van der Waals surface area contributed by atoms with E-state index in [0.29, 0.717) is 6.61 Å². The van der Waals surface area contributed by atoms with Crippen LogP contribution in [0.2, 0.25) is 36.8 Å². The van der Waals surface area contributed by atoms with Gasteiger partial charge in [0.05, 0.1) is 32.7 Å². The fraction of sp³-hybridized carbons (Fsp3) is 0.609. The molecular formula is C23H39NO3Si2. The number of hydrogen-bond donors (Lipinski definition) is 2. The minimum atomic E-state index is -2.09. The van der Waals surface area contributed by atoms with Gasteiger partial charge in [0.2, 0.25) is 5.91 Å². The van der Waals surface area contributed by atoms with E-state index in [4.69, 9.17) is 4.43 Å². The molecule has 2 rings (SSSR count). The molecule has 162 valence electrons. The van der Waals surface area contributed by atoms with E-state index in [1.807, 2.05) is 19.1 Å². The number of carbonyl (C=O) groups excluding carboxylic acids is 1. The van der Waals surface area contributed by atoms with Crippen molar-refractivity contribution in [3.63, 3.8) is 0 Å². The lowest BCUT2D eigenvalue weighted by molar-refractivity contribution is -0.124. The Morgan fingerprint density at radius 1 is 1.17 bits per heavy atom. The molecule has 0 aliphatic carbocycles. The SMILES string of the molecule is C/C=C/[C@@H](O)[C@@H]1C(=O)N[C@H](CO[Si](C)(C)C(C)(C)C)[C@H]1[Si](C)(C)c1ccccc1. The largest absolute Gasteiger partial charge is 0.415 e. The molecule has 0 bridgehead atoms. The summed E-state index contributed by atoms with van der Waals surface area (Å²) >= 11 is 0. The van der Waals surface area contributed by atoms with Gasteiger partial charge in [-0.25, -0.2) is 0 Å². The van der Waals surface area contributed by atoms with E-state index in [1.54, 1.807) is 6.08 Å². The first-order valence-electron chi connectivity index (χ1n) is 10.6. The summed E-state index contributed by atoms with van der Waals surface area (Å²) in [5.74, 6) is -0.498. The van der Waals surface area contributed by atoms with Gasteiger partial charge >= 0.3 is 0 Å². The van der Waals surface area contributed by atoms with Crippen LogP contribution in [0, 0.1) is 5.92 Å². The number of amides is 1. The molecule has 0 saturated carbocycles.